The molecule has 0 bridgehead atoms. The first-order chi connectivity index (χ1) is 16.7. The van der Waals surface area contributed by atoms with Crippen LogP contribution in [0.15, 0.2) is 12.2 Å². The van der Waals surface area contributed by atoms with Crippen molar-refractivity contribution < 1.29 is 30.4 Å². The smallest absolute Gasteiger partial charge is 0.437 e. The van der Waals surface area contributed by atoms with Crippen LogP contribution in [-0.2, 0) is 30.4 Å². The summed E-state index contributed by atoms with van der Waals surface area (Å²) in [5.74, 6) is -0.201. The molecule has 8 nitrogen and oxygen atoms in total. The lowest BCUT2D eigenvalue weighted by Gasteiger charge is -2.39. The Morgan fingerprint density at radius 2 is 1.16 bits per heavy atom. The molecule has 0 aliphatic carbocycles. The first-order valence-electron chi connectivity index (χ1n) is 13.7. The van der Waals surface area contributed by atoms with Crippen molar-refractivity contribution in [3.05, 3.63) is 12.2 Å². The summed E-state index contributed by atoms with van der Waals surface area (Å²) in [7, 11) is -12.7. The second-order valence-corrected chi connectivity index (χ2v) is 39.2. The second kappa shape index (κ2) is 14.9. The minimum atomic E-state index is -2.99. The van der Waals surface area contributed by atoms with Gasteiger partial charge in [0.2, 0.25) is 5.91 Å². The van der Waals surface area contributed by atoms with Crippen molar-refractivity contribution >= 4 is 56.5 Å². The van der Waals surface area contributed by atoms with Gasteiger partial charge in [-0.2, -0.15) is 0 Å². The molecule has 14 heteroatoms. The monoisotopic (exact) mass is 641 g/mol. The number of amides is 1. The van der Waals surface area contributed by atoms with Crippen molar-refractivity contribution in [3.63, 3.8) is 0 Å². The molecule has 0 spiro atoms. The maximum Gasteiger partial charge on any atom is 0.477 e. The maximum atomic E-state index is 12.2. The summed E-state index contributed by atoms with van der Waals surface area (Å²) >= 11 is 0. The Kier molecular flexibility index (Phi) is 15.1. The molecule has 0 heterocycles. The molecule has 0 aliphatic rings. The van der Waals surface area contributed by atoms with Crippen molar-refractivity contribution in [1.29, 1.82) is 0 Å². The van der Waals surface area contributed by atoms with E-state index in [9.17, 15) is 4.79 Å². The van der Waals surface area contributed by atoms with E-state index in [-0.39, 0.29) is 5.91 Å². The van der Waals surface area contributed by atoms with Crippen LogP contribution in [0.1, 0.15) is 13.3 Å². The Morgan fingerprint density at radius 1 is 0.737 bits per heavy atom. The van der Waals surface area contributed by atoms with Gasteiger partial charge in [0, 0.05) is 25.3 Å². The van der Waals surface area contributed by atoms with Gasteiger partial charge in [0.05, 0.1) is 12.7 Å². The third-order valence-corrected chi connectivity index (χ3v) is 22.8. The molecule has 1 amide bonds. The van der Waals surface area contributed by atoms with Crippen LogP contribution in [0.2, 0.25) is 97.7 Å². The highest BCUT2D eigenvalue weighted by Crippen LogP contribution is 2.26. The van der Waals surface area contributed by atoms with Gasteiger partial charge in [-0.25, -0.2) is 0 Å². The second-order valence-electron chi connectivity index (χ2n) is 14.3. The molecule has 0 aliphatic heterocycles. The van der Waals surface area contributed by atoms with Gasteiger partial charge in [-0.05, 0) is 104 Å². The quantitative estimate of drug-likeness (QED) is 0.0977. The van der Waals surface area contributed by atoms with Crippen LogP contribution < -0.4 is 5.32 Å². The van der Waals surface area contributed by atoms with Crippen LogP contribution in [0.4, 0.5) is 0 Å². The van der Waals surface area contributed by atoms with E-state index in [0.29, 0.717) is 25.3 Å². The zero-order valence-electron chi connectivity index (χ0n) is 27.2. The predicted octanol–water partition coefficient (Wildman–Crippen LogP) is 6.52. The van der Waals surface area contributed by atoms with Crippen LogP contribution in [0, 0.1) is 0 Å². The number of rotatable bonds is 19. The van der Waals surface area contributed by atoms with E-state index in [1.807, 2.05) is 6.55 Å². The Morgan fingerprint density at radius 3 is 1.53 bits per heavy atom. The molecular weight excluding hydrogens is 583 g/mol. The molecule has 1 atom stereocenters. The van der Waals surface area contributed by atoms with Gasteiger partial charge >= 0.3 is 17.4 Å². The molecule has 226 valence electrons. The van der Waals surface area contributed by atoms with Gasteiger partial charge in [-0.3, -0.25) is 4.79 Å². The number of hydrogen-bond donors (Lipinski definition) is 1. The first-order valence-corrected chi connectivity index (χ1v) is 32.1. The number of nitrogens with one attached hydrogen (secondary N) is 1. The molecule has 38 heavy (non-hydrogen) atoms. The number of carbonyl (C=O) groups is 1. The van der Waals surface area contributed by atoms with Gasteiger partial charge in [-0.15, -0.1) is 0 Å². The molecule has 1 N–H and O–H groups in total. The van der Waals surface area contributed by atoms with Crippen LogP contribution in [0.5, 0.6) is 0 Å². The van der Waals surface area contributed by atoms with Crippen molar-refractivity contribution in [1.82, 2.24) is 5.32 Å². The SMILES string of the molecule is C=C(C)C(=O)NCC(COCCC[Si](C)(O[Si](C)(C)C)O[Si](C)(C)C)O[Si](C)(O[Si](C)(C)C)O[Si](C)(C)C. The minimum Gasteiger partial charge on any atom is -0.437 e. The van der Waals surface area contributed by atoms with Crippen LogP contribution in [0.25, 0.3) is 0 Å². The molecule has 1 unspecified atom stereocenters. The molecule has 0 aromatic carbocycles. The average molecular weight is 642 g/mol. The van der Waals surface area contributed by atoms with E-state index < -0.39 is 56.7 Å². The van der Waals surface area contributed by atoms with Gasteiger partial charge in [0.15, 0.2) is 33.3 Å². The van der Waals surface area contributed by atoms with Gasteiger partial charge in [-0.1, -0.05) is 6.58 Å². The Balaban J connectivity index is 5.44. The Hall–Kier alpha value is 0.271. The van der Waals surface area contributed by atoms with E-state index in [2.05, 4.69) is 97.0 Å². The highest BCUT2D eigenvalue weighted by molar-refractivity contribution is 6.87. The predicted molar refractivity (Wildman–Crippen MR) is 174 cm³/mol. The third-order valence-electron chi connectivity index (χ3n) is 4.51. The zero-order chi connectivity index (χ0) is 30.2. The number of carbonyl (C=O) groups excluding carboxylic acids is 1. The largest absolute Gasteiger partial charge is 0.477 e. The molecule has 0 aromatic rings. The Bertz CT molecular complexity index is 725. The molecule has 0 fully saturated rings. The summed E-state index contributed by atoms with van der Waals surface area (Å²) in [4.78, 5) is 12.2. The van der Waals surface area contributed by atoms with Gasteiger partial charge in [0.25, 0.3) is 0 Å². The lowest BCUT2D eigenvalue weighted by Crippen LogP contribution is -2.57. The summed E-state index contributed by atoms with van der Waals surface area (Å²) in [6, 6.07) is 0.878. The van der Waals surface area contributed by atoms with Crippen molar-refractivity contribution in [2.45, 2.75) is 117 Å². The Labute approximate surface area is 240 Å². The average Bonchev–Trinajstić information content (AvgIpc) is 2.58. The molecule has 0 saturated carbocycles. The summed E-state index contributed by atoms with van der Waals surface area (Å²) in [6.45, 7) is 36.9. The fourth-order valence-electron chi connectivity index (χ4n) is 4.10. The van der Waals surface area contributed by atoms with E-state index in [4.69, 9.17) is 25.6 Å². The molecule has 0 aromatic heterocycles. The highest BCUT2D eigenvalue weighted by atomic mass is 28.5. The number of ether oxygens (including phenoxy) is 1. The lowest BCUT2D eigenvalue weighted by atomic mass is 10.3. The van der Waals surface area contributed by atoms with Gasteiger partial charge < -0.3 is 30.9 Å². The molecular formula is C24H59NO7Si6. The maximum absolute atomic E-state index is 12.2. The highest BCUT2D eigenvalue weighted by Gasteiger charge is 2.45. The standard InChI is InChI=1S/C24H59NO7Si6/c1-22(2)24(26)25-20-23(28-38(16,31-35(9,10)11)32-36(12,13)14)21-27-18-17-19-37(15,29-33(3,4)5)30-34(6,7)8/h23H,1,17-21H2,2-16H3,(H,25,26). The van der Waals surface area contributed by atoms with E-state index in [1.165, 1.54) is 0 Å². The van der Waals surface area contributed by atoms with Crippen molar-refractivity contribution in [3.8, 4) is 0 Å². The molecule has 0 radical (unpaired) electrons. The van der Waals surface area contributed by atoms with Gasteiger partial charge in [0.1, 0.15) is 0 Å². The summed E-state index contributed by atoms with van der Waals surface area (Å²) in [6.07, 6.45) is 0.441. The summed E-state index contributed by atoms with van der Waals surface area (Å²) in [5, 5.41) is 2.91. The van der Waals surface area contributed by atoms with E-state index in [0.717, 1.165) is 12.5 Å². The topological polar surface area (TPSA) is 84.5 Å². The van der Waals surface area contributed by atoms with Crippen LogP contribution in [0.3, 0.4) is 0 Å². The van der Waals surface area contributed by atoms with Crippen LogP contribution >= 0.6 is 0 Å². The fourth-order valence-corrected chi connectivity index (χ4v) is 27.2. The third kappa shape index (κ3) is 20.2. The van der Waals surface area contributed by atoms with E-state index >= 15 is 0 Å². The first kappa shape index (κ1) is 38.3. The number of hydrogen-bond acceptors (Lipinski definition) is 7. The lowest BCUT2D eigenvalue weighted by molar-refractivity contribution is -0.118. The minimum absolute atomic E-state index is 0.201. The fraction of sp³-hybridized carbons (Fsp3) is 0.875. The van der Waals surface area contributed by atoms with E-state index in [1.54, 1.807) is 6.92 Å². The van der Waals surface area contributed by atoms with Crippen molar-refractivity contribution in [2.75, 3.05) is 19.8 Å². The summed E-state index contributed by atoms with van der Waals surface area (Å²) < 4.78 is 38.9. The normalized spacial score (nSPS) is 14.9. The summed E-state index contributed by atoms with van der Waals surface area (Å²) in [5.41, 5.74) is 0.454. The zero-order valence-corrected chi connectivity index (χ0v) is 33.2. The molecule has 0 rings (SSSR count). The van der Waals surface area contributed by atoms with Crippen molar-refractivity contribution in [2.24, 2.45) is 0 Å². The van der Waals surface area contributed by atoms with Crippen LogP contribution in [-0.4, -0.2) is 82.4 Å². The molecule has 0 saturated heterocycles.